The van der Waals surface area contributed by atoms with Crippen LogP contribution in [0.2, 0.25) is 0 Å². The van der Waals surface area contributed by atoms with E-state index in [4.69, 9.17) is 4.74 Å². The molecule has 0 saturated carbocycles. The molecule has 0 fully saturated rings. The highest BCUT2D eigenvalue weighted by atomic mass is 16.5. The summed E-state index contributed by atoms with van der Waals surface area (Å²) in [5, 5.41) is 10.9. The van der Waals surface area contributed by atoms with E-state index in [1.165, 1.54) is 0 Å². The van der Waals surface area contributed by atoms with E-state index in [0.717, 1.165) is 48.8 Å². The minimum absolute atomic E-state index is 0.0160. The Morgan fingerprint density at radius 3 is 3.16 bits per heavy atom. The molecule has 3 heterocycles. The van der Waals surface area contributed by atoms with Crippen molar-refractivity contribution in [3.05, 3.63) is 41.5 Å². The largest absolute Gasteiger partial charge is 0.493 e. The van der Waals surface area contributed by atoms with Gasteiger partial charge in [-0.3, -0.25) is 4.79 Å². The van der Waals surface area contributed by atoms with Crippen LogP contribution in [0.5, 0.6) is 5.75 Å². The summed E-state index contributed by atoms with van der Waals surface area (Å²) < 4.78 is 7.59. The average molecular weight is 341 g/mol. The summed E-state index contributed by atoms with van der Waals surface area (Å²) in [6, 6.07) is 8.17. The molecule has 0 unspecified atom stereocenters. The summed E-state index contributed by atoms with van der Waals surface area (Å²) in [5.41, 5.74) is 1.06. The Morgan fingerprint density at radius 1 is 1.36 bits per heavy atom. The molecule has 2 aromatic rings. The number of ether oxygens (including phenoxy) is 1. The fourth-order valence-electron chi connectivity index (χ4n) is 3.57. The number of aryl methyl sites for hydroxylation is 2. The molecule has 0 spiro atoms. The summed E-state index contributed by atoms with van der Waals surface area (Å²) >= 11 is 0. The lowest BCUT2D eigenvalue weighted by Crippen LogP contribution is -2.44. The van der Waals surface area contributed by atoms with Gasteiger partial charge >= 0.3 is 0 Å². The second-order valence-corrected chi connectivity index (χ2v) is 6.67. The number of hydrogen-bond acceptors (Lipinski definition) is 5. The average Bonchev–Trinajstić information content (AvgIpc) is 2.99. The number of amides is 1. The zero-order chi connectivity index (χ0) is 17.2. The molecule has 1 aromatic heterocycles. The molecule has 25 heavy (non-hydrogen) atoms. The van der Waals surface area contributed by atoms with Gasteiger partial charge in [-0.15, -0.1) is 0 Å². The molecular formula is C18H23N5O2. The van der Waals surface area contributed by atoms with Crippen LogP contribution < -0.4 is 15.4 Å². The molecule has 7 heteroatoms. The maximum atomic E-state index is 12.4. The Bertz CT molecular complexity index is 773. The minimum atomic E-state index is 0.0160. The molecule has 0 radical (unpaired) electrons. The van der Waals surface area contributed by atoms with Crippen molar-refractivity contribution in [3.8, 4) is 5.75 Å². The third kappa shape index (κ3) is 3.51. The van der Waals surface area contributed by atoms with Crippen LogP contribution in [0, 0.1) is 6.92 Å². The maximum Gasteiger partial charge on any atom is 0.234 e. The van der Waals surface area contributed by atoms with E-state index >= 15 is 0 Å². The third-order valence-corrected chi connectivity index (χ3v) is 4.81. The molecule has 2 N–H and O–H groups in total. The van der Waals surface area contributed by atoms with Crippen molar-refractivity contribution in [1.82, 2.24) is 25.4 Å². The molecule has 4 rings (SSSR count). The number of para-hydroxylation sites is 1. The molecule has 0 bridgehead atoms. The fourth-order valence-corrected chi connectivity index (χ4v) is 3.57. The van der Waals surface area contributed by atoms with Gasteiger partial charge < -0.3 is 15.4 Å². The van der Waals surface area contributed by atoms with E-state index in [-0.39, 0.29) is 18.0 Å². The van der Waals surface area contributed by atoms with Crippen LogP contribution in [-0.4, -0.2) is 39.9 Å². The molecule has 1 aromatic carbocycles. The lowest BCUT2D eigenvalue weighted by molar-refractivity contribution is -0.121. The van der Waals surface area contributed by atoms with Crippen molar-refractivity contribution in [1.29, 1.82) is 0 Å². The Hall–Kier alpha value is -2.41. The van der Waals surface area contributed by atoms with E-state index in [0.29, 0.717) is 13.2 Å². The first-order chi connectivity index (χ1) is 12.2. The molecule has 0 aliphatic carbocycles. The van der Waals surface area contributed by atoms with Crippen molar-refractivity contribution in [2.45, 2.75) is 44.8 Å². The van der Waals surface area contributed by atoms with Gasteiger partial charge in [-0.1, -0.05) is 18.2 Å². The van der Waals surface area contributed by atoms with Gasteiger partial charge in [0.1, 0.15) is 17.4 Å². The van der Waals surface area contributed by atoms with Gasteiger partial charge in [0.15, 0.2) is 0 Å². The Labute approximate surface area is 146 Å². The highest BCUT2D eigenvalue weighted by Crippen LogP contribution is 2.31. The Balaban J connectivity index is 1.30. The number of carbonyl (C=O) groups excluding carboxylic acids is 1. The number of nitrogens with zero attached hydrogens (tertiary/aromatic N) is 3. The number of rotatable bonds is 4. The van der Waals surface area contributed by atoms with Crippen molar-refractivity contribution in [2.75, 3.05) is 13.2 Å². The predicted octanol–water partition coefficient (Wildman–Crippen LogP) is 1.13. The van der Waals surface area contributed by atoms with Crippen molar-refractivity contribution in [2.24, 2.45) is 0 Å². The zero-order valence-corrected chi connectivity index (χ0v) is 14.4. The standard InChI is InChI=1S/C18H23N5O2/c1-12-20-17-7-6-13(11-23(17)22-12)19-10-18(24)21-15-8-9-25-16-5-3-2-4-14(15)16/h2-5,13,15,19H,6-11H2,1H3,(H,21,24)/t13-,15+/m0/s1. The van der Waals surface area contributed by atoms with Gasteiger partial charge in [0.05, 0.1) is 25.7 Å². The highest BCUT2D eigenvalue weighted by molar-refractivity contribution is 5.78. The summed E-state index contributed by atoms with van der Waals surface area (Å²) in [6.07, 6.45) is 2.67. The van der Waals surface area contributed by atoms with Crippen LogP contribution in [0.4, 0.5) is 0 Å². The quantitative estimate of drug-likeness (QED) is 0.871. The molecule has 2 aliphatic rings. The number of aromatic nitrogens is 3. The summed E-state index contributed by atoms with van der Waals surface area (Å²) in [4.78, 5) is 16.8. The van der Waals surface area contributed by atoms with Crippen molar-refractivity contribution >= 4 is 5.91 Å². The van der Waals surface area contributed by atoms with Crippen LogP contribution in [0.25, 0.3) is 0 Å². The summed E-state index contributed by atoms with van der Waals surface area (Å²) in [5.74, 6) is 2.74. The van der Waals surface area contributed by atoms with Crippen LogP contribution in [-0.2, 0) is 17.8 Å². The lowest BCUT2D eigenvalue weighted by atomic mass is 10.0. The summed E-state index contributed by atoms with van der Waals surface area (Å²) in [7, 11) is 0. The van der Waals surface area contributed by atoms with E-state index in [9.17, 15) is 4.79 Å². The van der Waals surface area contributed by atoms with Gasteiger partial charge in [-0.05, 0) is 19.4 Å². The number of benzene rings is 1. The summed E-state index contributed by atoms with van der Waals surface area (Å²) in [6.45, 7) is 3.62. The molecular weight excluding hydrogens is 318 g/mol. The topological polar surface area (TPSA) is 81.1 Å². The van der Waals surface area contributed by atoms with Gasteiger partial charge in [0, 0.05) is 24.4 Å². The molecule has 2 atom stereocenters. The molecule has 0 saturated heterocycles. The first-order valence-electron chi connectivity index (χ1n) is 8.84. The third-order valence-electron chi connectivity index (χ3n) is 4.81. The van der Waals surface area contributed by atoms with Gasteiger partial charge in [0.2, 0.25) is 5.91 Å². The normalized spacial score (nSPS) is 21.8. The first-order valence-corrected chi connectivity index (χ1v) is 8.84. The van der Waals surface area contributed by atoms with Crippen LogP contribution in [0.1, 0.15) is 36.1 Å². The lowest BCUT2D eigenvalue weighted by Gasteiger charge is -2.27. The van der Waals surface area contributed by atoms with Crippen LogP contribution in [0.15, 0.2) is 24.3 Å². The van der Waals surface area contributed by atoms with E-state index in [1.807, 2.05) is 35.9 Å². The predicted molar refractivity (Wildman–Crippen MR) is 92.3 cm³/mol. The minimum Gasteiger partial charge on any atom is -0.493 e. The molecule has 2 aliphatic heterocycles. The zero-order valence-electron chi connectivity index (χ0n) is 14.4. The van der Waals surface area contributed by atoms with Crippen LogP contribution in [0.3, 0.4) is 0 Å². The van der Waals surface area contributed by atoms with Crippen molar-refractivity contribution in [3.63, 3.8) is 0 Å². The van der Waals surface area contributed by atoms with E-state index in [1.54, 1.807) is 0 Å². The molecule has 7 nitrogen and oxygen atoms in total. The number of fused-ring (bicyclic) bond motifs is 2. The smallest absolute Gasteiger partial charge is 0.234 e. The van der Waals surface area contributed by atoms with Gasteiger partial charge in [-0.25, -0.2) is 9.67 Å². The van der Waals surface area contributed by atoms with Crippen LogP contribution >= 0.6 is 0 Å². The van der Waals surface area contributed by atoms with Gasteiger partial charge in [-0.2, -0.15) is 5.10 Å². The number of carbonyl (C=O) groups is 1. The highest BCUT2D eigenvalue weighted by Gasteiger charge is 2.24. The fraction of sp³-hybridized carbons (Fsp3) is 0.500. The molecule has 1 amide bonds. The monoisotopic (exact) mass is 341 g/mol. The number of hydrogen-bond donors (Lipinski definition) is 2. The SMILES string of the molecule is Cc1nc2n(n1)C[C@@H](NCC(=O)N[C@@H]1CCOc3ccccc31)CC2. The van der Waals surface area contributed by atoms with Crippen molar-refractivity contribution < 1.29 is 9.53 Å². The van der Waals surface area contributed by atoms with E-state index < -0.39 is 0 Å². The Morgan fingerprint density at radius 2 is 2.24 bits per heavy atom. The van der Waals surface area contributed by atoms with E-state index in [2.05, 4.69) is 20.7 Å². The second-order valence-electron chi connectivity index (χ2n) is 6.67. The first kappa shape index (κ1) is 16.1. The number of nitrogens with one attached hydrogen (secondary N) is 2. The maximum absolute atomic E-state index is 12.4. The van der Waals surface area contributed by atoms with Gasteiger partial charge in [0.25, 0.3) is 0 Å². The Kier molecular flexibility index (Phi) is 4.40. The second kappa shape index (κ2) is 6.84. The molecule has 132 valence electrons.